The van der Waals surface area contributed by atoms with E-state index in [2.05, 4.69) is 20.6 Å². The van der Waals surface area contributed by atoms with E-state index in [1.807, 2.05) is 32.0 Å². The zero-order valence-corrected chi connectivity index (χ0v) is 18.3. The predicted octanol–water partition coefficient (Wildman–Crippen LogP) is 4.41. The monoisotopic (exact) mass is 453 g/mol. The van der Waals surface area contributed by atoms with Crippen LogP contribution in [-0.4, -0.2) is 42.6 Å². The molecule has 0 aliphatic heterocycles. The van der Waals surface area contributed by atoms with E-state index in [4.69, 9.17) is 0 Å². The molecule has 0 unspecified atom stereocenters. The maximum Gasteiger partial charge on any atom is 0.419 e. The summed E-state index contributed by atoms with van der Waals surface area (Å²) in [7, 11) is 3.83. The van der Waals surface area contributed by atoms with E-state index >= 15 is 0 Å². The fraction of sp³-hybridized carbons (Fsp3) is 0.500. The lowest BCUT2D eigenvalue weighted by molar-refractivity contribution is -0.140. The lowest BCUT2D eigenvalue weighted by atomic mass is 9.86. The number of hydrogen-bond acceptors (Lipinski definition) is 5. The molecule has 174 valence electrons. The first kappa shape index (κ1) is 23.7. The minimum absolute atomic E-state index is 0.0975. The van der Waals surface area contributed by atoms with Crippen molar-refractivity contribution in [3.63, 3.8) is 0 Å². The van der Waals surface area contributed by atoms with Gasteiger partial charge >= 0.3 is 6.18 Å². The number of carbonyl (C=O) groups excluding carboxylic acids is 1. The first-order chi connectivity index (χ1) is 15.0. The number of carbonyl (C=O) groups is 1. The second kappa shape index (κ2) is 9.70. The highest BCUT2D eigenvalue weighted by Gasteiger charge is 2.34. The third-order valence-electron chi connectivity index (χ3n) is 5.57. The van der Waals surface area contributed by atoms with Gasteiger partial charge in [-0.1, -0.05) is 0 Å². The summed E-state index contributed by atoms with van der Waals surface area (Å²) in [5.74, 6) is -0.225. The standard InChI is InChI=1S/C22H27F4N5O/c1-13-10-19(31(2)3)30-21(28-13)27-12-14-4-7-16(8-5-14)29-20(32)15-6-9-17(18(23)11-15)22(24,25)26/h6,9-11,14,16H,4-5,7-8,12H2,1-3H3,(H,29,32)(H,27,28,30)/t14-,16+. The Labute approximate surface area is 184 Å². The molecular formula is C22H27F4N5O. The highest BCUT2D eigenvalue weighted by Crippen LogP contribution is 2.31. The fourth-order valence-electron chi connectivity index (χ4n) is 3.76. The van der Waals surface area contributed by atoms with Crippen molar-refractivity contribution in [3.8, 4) is 0 Å². The van der Waals surface area contributed by atoms with Crippen molar-refractivity contribution in [1.82, 2.24) is 15.3 Å². The number of alkyl halides is 3. The third kappa shape index (κ3) is 6.08. The van der Waals surface area contributed by atoms with Gasteiger partial charge in [0.15, 0.2) is 0 Å². The molecule has 6 nitrogen and oxygen atoms in total. The molecule has 0 saturated heterocycles. The molecule has 2 N–H and O–H groups in total. The van der Waals surface area contributed by atoms with Gasteiger partial charge in [-0.25, -0.2) is 9.37 Å². The molecule has 1 heterocycles. The molecule has 10 heteroatoms. The number of benzene rings is 1. The molecule has 1 fully saturated rings. The van der Waals surface area contributed by atoms with Gasteiger partial charge in [0.25, 0.3) is 5.91 Å². The number of aromatic nitrogens is 2. The summed E-state index contributed by atoms with van der Waals surface area (Å²) in [6.07, 6.45) is -1.59. The molecule has 0 radical (unpaired) electrons. The predicted molar refractivity (Wildman–Crippen MR) is 114 cm³/mol. The summed E-state index contributed by atoms with van der Waals surface area (Å²) < 4.78 is 51.8. The summed E-state index contributed by atoms with van der Waals surface area (Å²) >= 11 is 0. The van der Waals surface area contributed by atoms with Crippen LogP contribution in [-0.2, 0) is 6.18 Å². The highest BCUT2D eigenvalue weighted by molar-refractivity contribution is 5.94. The van der Waals surface area contributed by atoms with E-state index < -0.39 is 23.5 Å². The van der Waals surface area contributed by atoms with Gasteiger partial charge in [-0.15, -0.1) is 0 Å². The van der Waals surface area contributed by atoms with E-state index in [-0.39, 0.29) is 11.6 Å². The van der Waals surface area contributed by atoms with E-state index in [1.54, 1.807) is 0 Å². The third-order valence-corrected chi connectivity index (χ3v) is 5.57. The number of hydrogen-bond donors (Lipinski definition) is 2. The molecule has 0 atom stereocenters. The van der Waals surface area contributed by atoms with Crippen molar-refractivity contribution in [2.45, 2.75) is 44.8 Å². The largest absolute Gasteiger partial charge is 0.419 e. The maximum absolute atomic E-state index is 13.7. The van der Waals surface area contributed by atoms with Gasteiger partial charge < -0.3 is 15.5 Å². The lowest BCUT2D eigenvalue weighted by Crippen LogP contribution is -2.38. The summed E-state index contributed by atoms with van der Waals surface area (Å²) in [5.41, 5.74) is -0.623. The van der Waals surface area contributed by atoms with Crippen molar-refractivity contribution < 1.29 is 22.4 Å². The van der Waals surface area contributed by atoms with E-state index in [0.29, 0.717) is 30.5 Å². The van der Waals surface area contributed by atoms with Gasteiger partial charge in [-0.05, 0) is 56.7 Å². The van der Waals surface area contributed by atoms with Crippen molar-refractivity contribution >= 4 is 17.7 Å². The number of amides is 1. The zero-order valence-electron chi connectivity index (χ0n) is 18.3. The first-order valence-electron chi connectivity index (χ1n) is 10.5. The van der Waals surface area contributed by atoms with Crippen molar-refractivity contribution in [2.24, 2.45) is 5.92 Å². The van der Waals surface area contributed by atoms with E-state index in [1.165, 1.54) is 0 Å². The molecule has 1 aromatic carbocycles. The SMILES string of the molecule is Cc1cc(N(C)C)nc(NC[C@H]2CC[C@@H](NC(=O)c3ccc(C(F)(F)F)c(F)c3)CC2)n1. The Morgan fingerprint density at radius 3 is 2.41 bits per heavy atom. The molecule has 3 rings (SSSR count). The summed E-state index contributed by atoms with van der Waals surface area (Å²) in [5, 5.41) is 6.09. The van der Waals surface area contributed by atoms with Crippen molar-refractivity contribution in [2.75, 3.05) is 30.9 Å². The van der Waals surface area contributed by atoms with Gasteiger partial charge in [0, 0.05) is 44.0 Å². The Morgan fingerprint density at radius 1 is 1.12 bits per heavy atom. The fourth-order valence-corrected chi connectivity index (χ4v) is 3.76. The van der Waals surface area contributed by atoms with Gasteiger partial charge in [-0.2, -0.15) is 18.2 Å². The van der Waals surface area contributed by atoms with Crippen LogP contribution >= 0.6 is 0 Å². The number of halogens is 4. The number of nitrogens with one attached hydrogen (secondary N) is 2. The van der Waals surface area contributed by atoms with Crippen molar-refractivity contribution in [1.29, 1.82) is 0 Å². The maximum atomic E-state index is 13.7. The first-order valence-corrected chi connectivity index (χ1v) is 10.5. The lowest BCUT2D eigenvalue weighted by Gasteiger charge is -2.29. The van der Waals surface area contributed by atoms with Crippen molar-refractivity contribution in [3.05, 3.63) is 46.9 Å². The number of anilines is 2. The Bertz CT molecular complexity index is 956. The average molecular weight is 453 g/mol. The molecule has 2 aromatic rings. The molecule has 1 aliphatic carbocycles. The molecular weight excluding hydrogens is 426 g/mol. The molecule has 1 amide bonds. The van der Waals surface area contributed by atoms with Crippen LogP contribution in [0.1, 0.15) is 47.3 Å². The van der Waals surface area contributed by atoms with Crippen LogP contribution in [0.3, 0.4) is 0 Å². The zero-order chi connectivity index (χ0) is 23.5. The second-order valence-electron chi connectivity index (χ2n) is 8.35. The molecule has 0 bridgehead atoms. The van der Waals surface area contributed by atoms with Crippen LogP contribution in [0, 0.1) is 18.7 Å². The Kier molecular flexibility index (Phi) is 7.20. The van der Waals surface area contributed by atoms with Crippen LogP contribution in [0.25, 0.3) is 0 Å². The Balaban J connectivity index is 1.49. The van der Waals surface area contributed by atoms with Crippen LogP contribution in [0.15, 0.2) is 24.3 Å². The Morgan fingerprint density at radius 2 is 1.81 bits per heavy atom. The van der Waals surface area contributed by atoms with E-state index in [0.717, 1.165) is 43.3 Å². The number of rotatable bonds is 6. The summed E-state index contributed by atoms with van der Waals surface area (Å²) in [6.45, 7) is 2.62. The number of nitrogens with zero attached hydrogens (tertiary/aromatic N) is 3. The van der Waals surface area contributed by atoms with Gasteiger partial charge in [-0.3, -0.25) is 4.79 Å². The van der Waals surface area contributed by atoms with Gasteiger partial charge in [0.1, 0.15) is 11.6 Å². The molecule has 1 aromatic heterocycles. The smallest absolute Gasteiger partial charge is 0.363 e. The van der Waals surface area contributed by atoms with Crippen LogP contribution in [0.4, 0.5) is 29.3 Å². The van der Waals surface area contributed by atoms with Crippen LogP contribution < -0.4 is 15.5 Å². The molecule has 1 saturated carbocycles. The van der Waals surface area contributed by atoms with E-state index in [9.17, 15) is 22.4 Å². The molecule has 32 heavy (non-hydrogen) atoms. The topological polar surface area (TPSA) is 70.2 Å². The quantitative estimate of drug-likeness (QED) is 0.634. The highest BCUT2D eigenvalue weighted by atomic mass is 19.4. The van der Waals surface area contributed by atoms with Crippen LogP contribution in [0.2, 0.25) is 0 Å². The molecule has 0 spiro atoms. The Hall–Kier alpha value is -2.91. The normalized spacial score (nSPS) is 18.8. The number of aryl methyl sites for hydroxylation is 1. The van der Waals surface area contributed by atoms with Crippen LogP contribution in [0.5, 0.6) is 0 Å². The summed E-state index contributed by atoms with van der Waals surface area (Å²) in [6, 6.07) is 4.04. The minimum atomic E-state index is -4.79. The minimum Gasteiger partial charge on any atom is -0.363 e. The summed E-state index contributed by atoms with van der Waals surface area (Å²) in [4.78, 5) is 23.1. The second-order valence-corrected chi connectivity index (χ2v) is 8.35. The average Bonchev–Trinajstić information content (AvgIpc) is 2.71. The molecule has 1 aliphatic rings. The van der Waals surface area contributed by atoms with Gasteiger partial charge in [0.2, 0.25) is 5.95 Å². The van der Waals surface area contributed by atoms with Gasteiger partial charge in [0.05, 0.1) is 5.56 Å².